The Morgan fingerprint density at radius 3 is 2.37 bits per heavy atom. The summed E-state index contributed by atoms with van der Waals surface area (Å²) in [5.74, 6) is 0. The first-order valence-electron chi connectivity index (χ1n) is 6.84. The third-order valence-electron chi connectivity index (χ3n) is 4.05. The quantitative estimate of drug-likeness (QED) is 0.840. The molecule has 0 unspecified atom stereocenters. The summed E-state index contributed by atoms with van der Waals surface area (Å²) in [4.78, 5) is 4.59. The molecule has 2 rings (SSSR count). The van der Waals surface area contributed by atoms with Crippen LogP contribution in [0.1, 0.15) is 29.7 Å². The van der Waals surface area contributed by atoms with Gasteiger partial charge < -0.3 is 10.6 Å². The summed E-state index contributed by atoms with van der Waals surface area (Å²) in [6.07, 6.45) is 0. The molecule has 1 aromatic carbocycles. The van der Waals surface area contributed by atoms with Crippen molar-refractivity contribution in [1.29, 1.82) is 0 Å². The molecule has 0 amide bonds. The Labute approximate surface area is 121 Å². The SMILES string of the molecule is Cc1ccc([C@@H](C)N2CCN(C(N)=S)CC2)c(C)c1. The maximum Gasteiger partial charge on any atom is 0.166 e. The normalized spacial score (nSPS) is 18.4. The molecule has 0 aliphatic carbocycles. The zero-order chi connectivity index (χ0) is 14.0. The van der Waals surface area contributed by atoms with E-state index in [9.17, 15) is 0 Å². The molecule has 0 aromatic heterocycles. The Morgan fingerprint density at radius 1 is 1.21 bits per heavy atom. The molecule has 0 radical (unpaired) electrons. The van der Waals surface area contributed by atoms with E-state index in [-0.39, 0.29) is 0 Å². The smallest absolute Gasteiger partial charge is 0.166 e. The molecule has 1 saturated heterocycles. The fourth-order valence-corrected chi connectivity index (χ4v) is 3.00. The van der Waals surface area contributed by atoms with E-state index in [1.54, 1.807) is 0 Å². The number of nitrogens with two attached hydrogens (primary N) is 1. The van der Waals surface area contributed by atoms with Gasteiger partial charge in [0.2, 0.25) is 0 Å². The van der Waals surface area contributed by atoms with Gasteiger partial charge in [-0.15, -0.1) is 0 Å². The third-order valence-corrected chi connectivity index (χ3v) is 4.31. The number of rotatable bonds is 2. The van der Waals surface area contributed by atoms with Crippen LogP contribution in [-0.2, 0) is 0 Å². The van der Waals surface area contributed by atoms with Crippen LogP contribution >= 0.6 is 12.2 Å². The molecule has 0 spiro atoms. The van der Waals surface area contributed by atoms with Crippen molar-refractivity contribution in [3.8, 4) is 0 Å². The van der Waals surface area contributed by atoms with Crippen LogP contribution in [0.4, 0.5) is 0 Å². The summed E-state index contributed by atoms with van der Waals surface area (Å²) in [6, 6.07) is 7.17. The molecule has 1 aromatic rings. The van der Waals surface area contributed by atoms with E-state index in [2.05, 4.69) is 48.8 Å². The van der Waals surface area contributed by atoms with Crippen LogP contribution in [0.25, 0.3) is 0 Å². The van der Waals surface area contributed by atoms with Crippen molar-refractivity contribution in [2.24, 2.45) is 5.73 Å². The van der Waals surface area contributed by atoms with Gasteiger partial charge in [0.25, 0.3) is 0 Å². The standard InChI is InChI=1S/C15H23N3S/c1-11-4-5-14(12(2)10-11)13(3)17-6-8-18(9-7-17)15(16)19/h4-5,10,13H,6-9H2,1-3H3,(H2,16,19)/t13-/m1/s1. The van der Waals surface area contributed by atoms with Crippen LogP contribution in [0.3, 0.4) is 0 Å². The minimum atomic E-state index is 0.453. The highest BCUT2D eigenvalue weighted by molar-refractivity contribution is 7.80. The minimum absolute atomic E-state index is 0.453. The molecule has 4 heteroatoms. The lowest BCUT2D eigenvalue weighted by Crippen LogP contribution is -2.50. The second-order valence-corrected chi connectivity index (χ2v) is 5.82. The molecule has 104 valence electrons. The Bertz CT molecular complexity index is 464. The van der Waals surface area contributed by atoms with E-state index >= 15 is 0 Å². The predicted octanol–water partition coefficient (Wildman–Crippen LogP) is 2.23. The van der Waals surface area contributed by atoms with Crippen LogP contribution in [0.2, 0.25) is 0 Å². The average molecular weight is 277 g/mol. The minimum Gasteiger partial charge on any atom is -0.376 e. The fourth-order valence-electron chi connectivity index (χ4n) is 2.82. The lowest BCUT2D eigenvalue weighted by atomic mass is 9.99. The second kappa shape index (κ2) is 5.88. The number of thiocarbonyl (C=S) groups is 1. The number of aryl methyl sites for hydroxylation is 2. The number of hydrogen-bond donors (Lipinski definition) is 1. The van der Waals surface area contributed by atoms with Crippen molar-refractivity contribution in [2.45, 2.75) is 26.8 Å². The molecule has 1 fully saturated rings. The summed E-state index contributed by atoms with van der Waals surface area (Å²) in [6.45, 7) is 10.5. The number of piperazine rings is 1. The Balaban J connectivity index is 2.05. The monoisotopic (exact) mass is 277 g/mol. The zero-order valence-corrected chi connectivity index (χ0v) is 12.8. The zero-order valence-electron chi connectivity index (χ0n) is 12.0. The number of hydrogen-bond acceptors (Lipinski definition) is 2. The summed E-state index contributed by atoms with van der Waals surface area (Å²) in [5, 5.41) is 0.527. The number of benzene rings is 1. The molecule has 1 aliphatic heterocycles. The molecule has 0 bridgehead atoms. The van der Waals surface area contributed by atoms with E-state index < -0.39 is 0 Å². The molecular formula is C15H23N3S. The highest BCUT2D eigenvalue weighted by Gasteiger charge is 2.23. The summed E-state index contributed by atoms with van der Waals surface area (Å²) in [7, 11) is 0. The molecule has 1 atom stereocenters. The molecule has 0 saturated carbocycles. The molecule has 2 N–H and O–H groups in total. The maximum absolute atomic E-state index is 5.68. The van der Waals surface area contributed by atoms with E-state index in [1.165, 1.54) is 16.7 Å². The Hall–Kier alpha value is -1.13. The highest BCUT2D eigenvalue weighted by Crippen LogP contribution is 2.25. The van der Waals surface area contributed by atoms with Crippen LogP contribution < -0.4 is 5.73 Å². The molecule has 1 heterocycles. The molecule has 1 aliphatic rings. The Kier molecular flexibility index (Phi) is 4.42. The first-order valence-corrected chi connectivity index (χ1v) is 7.25. The van der Waals surface area contributed by atoms with Crippen molar-refractivity contribution in [3.05, 3.63) is 34.9 Å². The van der Waals surface area contributed by atoms with Gasteiger partial charge in [-0.2, -0.15) is 0 Å². The molecular weight excluding hydrogens is 254 g/mol. The van der Waals surface area contributed by atoms with Crippen LogP contribution in [0.5, 0.6) is 0 Å². The van der Waals surface area contributed by atoms with Crippen molar-refractivity contribution >= 4 is 17.3 Å². The lowest BCUT2D eigenvalue weighted by Gasteiger charge is -2.38. The maximum atomic E-state index is 5.68. The van der Waals surface area contributed by atoms with Gasteiger partial charge in [-0.1, -0.05) is 23.8 Å². The van der Waals surface area contributed by atoms with Gasteiger partial charge >= 0.3 is 0 Å². The van der Waals surface area contributed by atoms with Crippen molar-refractivity contribution in [3.63, 3.8) is 0 Å². The highest BCUT2D eigenvalue weighted by atomic mass is 32.1. The van der Waals surface area contributed by atoms with Crippen LogP contribution in [0, 0.1) is 13.8 Å². The van der Waals surface area contributed by atoms with Crippen LogP contribution in [-0.4, -0.2) is 41.1 Å². The Morgan fingerprint density at radius 2 is 1.84 bits per heavy atom. The predicted molar refractivity (Wildman–Crippen MR) is 84.3 cm³/mol. The molecule has 19 heavy (non-hydrogen) atoms. The fraction of sp³-hybridized carbons (Fsp3) is 0.533. The number of nitrogens with zero attached hydrogens (tertiary/aromatic N) is 2. The van der Waals surface area contributed by atoms with E-state index in [1.807, 2.05) is 0 Å². The summed E-state index contributed by atoms with van der Waals surface area (Å²) in [5.41, 5.74) is 9.81. The van der Waals surface area contributed by atoms with Gasteiger partial charge in [0.1, 0.15) is 0 Å². The van der Waals surface area contributed by atoms with E-state index in [4.69, 9.17) is 18.0 Å². The van der Waals surface area contributed by atoms with E-state index in [0.29, 0.717) is 11.2 Å². The topological polar surface area (TPSA) is 32.5 Å². The first kappa shape index (κ1) is 14.3. The summed E-state index contributed by atoms with van der Waals surface area (Å²) >= 11 is 5.03. The van der Waals surface area contributed by atoms with Crippen molar-refractivity contribution in [2.75, 3.05) is 26.2 Å². The average Bonchev–Trinajstić information content (AvgIpc) is 2.38. The van der Waals surface area contributed by atoms with Gasteiger partial charge in [0, 0.05) is 32.2 Å². The van der Waals surface area contributed by atoms with E-state index in [0.717, 1.165) is 26.2 Å². The second-order valence-electron chi connectivity index (χ2n) is 5.40. The van der Waals surface area contributed by atoms with Gasteiger partial charge in [-0.05, 0) is 44.1 Å². The largest absolute Gasteiger partial charge is 0.376 e. The van der Waals surface area contributed by atoms with Gasteiger partial charge in [-0.3, -0.25) is 4.90 Å². The van der Waals surface area contributed by atoms with Crippen LogP contribution in [0.15, 0.2) is 18.2 Å². The van der Waals surface area contributed by atoms with Crippen molar-refractivity contribution in [1.82, 2.24) is 9.80 Å². The van der Waals surface area contributed by atoms with Crippen molar-refractivity contribution < 1.29 is 0 Å². The lowest BCUT2D eigenvalue weighted by molar-refractivity contribution is 0.141. The van der Waals surface area contributed by atoms with Gasteiger partial charge in [-0.25, -0.2) is 0 Å². The third kappa shape index (κ3) is 3.25. The van der Waals surface area contributed by atoms with Gasteiger partial charge in [0.15, 0.2) is 5.11 Å². The first-order chi connectivity index (χ1) is 8.99. The molecule has 3 nitrogen and oxygen atoms in total. The van der Waals surface area contributed by atoms with Gasteiger partial charge in [0.05, 0.1) is 0 Å². The summed E-state index contributed by atoms with van der Waals surface area (Å²) < 4.78 is 0.